The number of halogens is 4. The van der Waals surface area contributed by atoms with Gasteiger partial charge < -0.3 is 9.88 Å². The first-order valence-electron chi connectivity index (χ1n) is 8.04. The van der Waals surface area contributed by atoms with Gasteiger partial charge >= 0.3 is 6.18 Å². The molecule has 3 rings (SSSR count). The van der Waals surface area contributed by atoms with Crippen molar-refractivity contribution >= 4 is 40.6 Å². The van der Waals surface area contributed by atoms with Crippen molar-refractivity contribution in [3.63, 3.8) is 0 Å². The van der Waals surface area contributed by atoms with Crippen LogP contribution in [0.2, 0.25) is 5.02 Å². The molecule has 0 unspecified atom stereocenters. The minimum absolute atomic E-state index is 0.104. The molecule has 1 N–H and O–H groups in total. The number of benzene rings is 2. The zero-order valence-corrected chi connectivity index (χ0v) is 16.5. The molecule has 30 heavy (non-hydrogen) atoms. The summed E-state index contributed by atoms with van der Waals surface area (Å²) >= 11 is 6.54. The van der Waals surface area contributed by atoms with E-state index in [4.69, 9.17) is 11.6 Å². The van der Waals surface area contributed by atoms with E-state index in [0.29, 0.717) is 11.2 Å². The number of aryl methyl sites for hydroxylation is 1. The molecule has 3 aromatic rings. The number of rotatable bonds is 5. The van der Waals surface area contributed by atoms with Crippen molar-refractivity contribution in [3.05, 3.63) is 69.0 Å². The molecule has 0 fully saturated rings. The van der Waals surface area contributed by atoms with Gasteiger partial charge in [0.1, 0.15) is 6.33 Å². The van der Waals surface area contributed by atoms with Gasteiger partial charge in [-0.2, -0.15) is 13.2 Å². The molecule has 0 saturated heterocycles. The molecule has 1 amide bonds. The molecule has 13 heteroatoms. The van der Waals surface area contributed by atoms with Crippen LogP contribution in [-0.4, -0.2) is 25.6 Å². The Morgan fingerprint density at radius 3 is 2.60 bits per heavy atom. The number of nitro groups is 1. The molecule has 0 bridgehead atoms. The Morgan fingerprint density at radius 2 is 2.00 bits per heavy atom. The number of carbonyl (C=O) groups excluding carboxylic acids is 1. The molecular formula is C17H11ClF3N5O3S. The Morgan fingerprint density at radius 1 is 1.27 bits per heavy atom. The second-order valence-electron chi connectivity index (χ2n) is 5.91. The first-order valence-corrected chi connectivity index (χ1v) is 9.24. The summed E-state index contributed by atoms with van der Waals surface area (Å²) in [5, 5.41) is 21.1. The van der Waals surface area contributed by atoms with Gasteiger partial charge in [-0.25, -0.2) is 0 Å². The van der Waals surface area contributed by atoms with E-state index in [1.54, 1.807) is 11.6 Å². The van der Waals surface area contributed by atoms with Gasteiger partial charge in [-0.05, 0) is 42.1 Å². The summed E-state index contributed by atoms with van der Waals surface area (Å²) in [7, 11) is 1.66. The summed E-state index contributed by atoms with van der Waals surface area (Å²) in [5.41, 5.74) is -1.73. The third-order valence-corrected chi connectivity index (χ3v) is 5.27. The van der Waals surface area contributed by atoms with Crippen LogP contribution in [0.3, 0.4) is 0 Å². The predicted octanol–water partition coefficient (Wildman–Crippen LogP) is 4.80. The smallest absolute Gasteiger partial charge is 0.322 e. The normalized spacial score (nSPS) is 11.4. The highest BCUT2D eigenvalue weighted by molar-refractivity contribution is 7.99. The maximum Gasteiger partial charge on any atom is 0.417 e. The van der Waals surface area contributed by atoms with E-state index in [2.05, 4.69) is 15.5 Å². The number of anilines is 1. The number of carbonyl (C=O) groups is 1. The summed E-state index contributed by atoms with van der Waals surface area (Å²) in [6, 6.07) is 6.60. The number of hydrogen-bond acceptors (Lipinski definition) is 6. The van der Waals surface area contributed by atoms with Gasteiger partial charge in [-0.1, -0.05) is 11.6 Å². The summed E-state index contributed by atoms with van der Waals surface area (Å²) < 4.78 is 40.5. The van der Waals surface area contributed by atoms with Crippen LogP contribution in [0.5, 0.6) is 0 Å². The predicted molar refractivity (Wildman–Crippen MR) is 103 cm³/mol. The molecule has 8 nitrogen and oxygen atoms in total. The van der Waals surface area contributed by atoms with Gasteiger partial charge in [-0.3, -0.25) is 14.9 Å². The lowest BCUT2D eigenvalue weighted by atomic mass is 10.1. The van der Waals surface area contributed by atoms with Crippen molar-refractivity contribution in [1.29, 1.82) is 0 Å². The van der Waals surface area contributed by atoms with Crippen LogP contribution in [0, 0.1) is 10.1 Å². The fourth-order valence-electron chi connectivity index (χ4n) is 2.37. The van der Waals surface area contributed by atoms with Gasteiger partial charge in [0.15, 0.2) is 5.16 Å². The molecule has 0 aliphatic carbocycles. The van der Waals surface area contributed by atoms with Gasteiger partial charge in [0, 0.05) is 24.4 Å². The lowest BCUT2D eigenvalue weighted by Crippen LogP contribution is -2.14. The molecule has 2 aromatic carbocycles. The largest absolute Gasteiger partial charge is 0.417 e. The number of nitrogens with one attached hydrogen (secondary N) is 1. The van der Waals surface area contributed by atoms with Crippen LogP contribution >= 0.6 is 23.4 Å². The Balaban J connectivity index is 1.87. The second-order valence-corrected chi connectivity index (χ2v) is 7.33. The summed E-state index contributed by atoms with van der Waals surface area (Å²) in [6.07, 6.45) is -3.27. The van der Waals surface area contributed by atoms with E-state index in [1.807, 2.05) is 0 Å². The van der Waals surface area contributed by atoms with Crippen LogP contribution in [-0.2, 0) is 13.2 Å². The first-order chi connectivity index (χ1) is 14.1. The average molecular weight is 458 g/mol. The van der Waals surface area contributed by atoms with Crippen molar-refractivity contribution in [1.82, 2.24) is 14.8 Å². The van der Waals surface area contributed by atoms with Crippen LogP contribution < -0.4 is 5.32 Å². The van der Waals surface area contributed by atoms with Crippen LogP contribution in [0.15, 0.2) is 52.8 Å². The van der Waals surface area contributed by atoms with Crippen LogP contribution in [0.25, 0.3) is 0 Å². The van der Waals surface area contributed by atoms with Crippen LogP contribution in [0.4, 0.5) is 24.5 Å². The maximum atomic E-state index is 13.0. The standard InChI is InChI=1S/C17H11ClF3N5O3S/c1-25-8-22-24-16(25)30-14-5-2-9(6-13(14)26(28)29)15(27)23-10-3-4-12(18)11(7-10)17(19,20)21/h2-8H,1H3,(H,23,27). The Kier molecular flexibility index (Phi) is 5.99. The van der Waals surface area contributed by atoms with Crippen molar-refractivity contribution < 1.29 is 22.9 Å². The number of hydrogen-bond donors (Lipinski definition) is 1. The molecule has 0 saturated carbocycles. The molecule has 0 radical (unpaired) electrons. The Hall–Kier alpha value is -3.12. The lowest BCUT2D eigenvalue weighted by molar-refractivity contribution is -0.387. The minimum atomic E-state index is -4.70. The van der Waals surface area contributed by atoms with E-state index in [9.17, 15) is 28.1 Å². The van der Waals surface area contributed by atoms with Crippen molar-refractivity contribution in [3.8, 4) is 0 Å². The molecular weight excluding hydrogens is 447 g/mol. The van der Waals surface area contributed by atoms with Crippen molar-refractivity contribution in [2.24, 2.45) is 7.05 Å². The second kappa shape index (κ2) is 8.32. The van der Waals surface area contributed by atoms with E-state index in [0.717, 1.165) is 23.9 Å². The first kappa shape index (κ1) is 21.6. The highest BCUT2D eigenvalue weighted by Crippen LogP contribution is 2.37. The number of nitrogens with zero attached hydrogens (tertiary/aromatic N) is 4. The van der Waals surface area contributed by atoms with Crippen LogP contribution in [0.1, 0.15) is 15.9 Å². The molecule has 0 atom stereocenters. The highest BCUT2D eigenvalue weighted by atomic mass is 35.5. The number of nitro benzene ring substituents is 1. The van der Waals surface area contributed by atoms with Crippen molar-refractivity contribution in [2.45, 2.75) is 16.2 Å². The zero-order chi connectivity index (χ0) is 22.1. The molecule has 1 aromatic heterocycles. The number of alkyl halides is 3. The molecule has 1 heterocycles. The molecule has 0 spiro atoms. The SMILES string of the molecule is Cn1cnnc1Sc1ccc(C(=O)Nc2ccc(Cl)c(C(F)(F)F)c2)cc1[N+](=O)[O-]. The highest BCUT2D eigenvalue weighted by Gasteiger charge is 2.33. The van der Waals surface area contributed by atoms with Gasteiger partial charge in [0.05, 0.1) is 20.4 Å². The summed E-state index contributed by atoms with van der Waals surface area (Å²) in [5.74, 6) is -0.816. The monoisotopic (exact) mass is 457 g/mol. The molecule has 0 aliphatic rings. The Bertz CT molecular complexity index is 1140. The Labute approximate surface area is 176 Å². The average Bonchev–Trinajstić information content (AvgIpc) is 3.07. The van der Waals surface area contributed by atoms with E-state index in [1.165, 1.54) is 24.5 Å². The lowest BCUT2D eigenvalue weighted by Gasteiger charge is -2.12. The van der Waals surface area contributed by atoms with Gasteiger partial charge in [0.2, 0.25) is 0 Å². The zero-order valence-electron chi connectivity index (χ0n) is 15.0. The van der Waals surface area contributed by atoms with Crippen molar-refractivity contribution in [2.75, 3.05) is 5.32 Å². The quantitative estimate of drug-likeness (QED) is 0.436. The topological polar surface area (TPSA) is 103 Å². The summed E-state index contributed by atoms with van der Waals surface area (Å²) in [4.78, 5) is 23.4. The maximum absolute atomic E-state index is 13.0. The third-order valence-electron chi connectivity index (χ3n) is 3.82. The molecule has 156 valence electrons. The minimum Gasteiger partial charge on any atom is -0.322 e. The van der Waals surface area contributed by atoms with E-state index < -0.39 is 27.6 Å². The van der Waals surface area contributed by atoms with E-state index in [-0.39, 0.29) is 21.8 Å². The fourth-order valence-corrected chi connectivity index (χ4v) is 3.45. The fraction of sp³-hybridized carbons (Fsp3) is 0.118. The van der Waals surface area contributed by atoms with E-state index >= 15 is 0 Å². The molecule has 0 aliphatic heterocycles. The number of amides is 1. The summed E-state index contributed by atoms with van der Waals surface area (Å²) in [6.45, 7) is 0. The number of aromatic nitrogens is 3. The van der Waals surface area contributed by atoms with Gasteiger partial charge in [0.25, 0.3) is 11.6 Å². The van der Waals surface area contributed by atoms with Gasteiger partial charge in [-0.15, -0.1) is 10.2 Å². The third kappa shape index (κ3) is 4.71.